The molecule has 0 radical (unpaired) electrons. The Hall–Kier alpha value is -4.63. The normalized spacial score (nSPS) is 14.4. The number of carbonyl (C=O) groups excluding carboxylic acids is 1. The number of imidazole rings is 1. The molecule has 1 aliphatic carbocycles. The molecular formula is C29H26FN7O. The zero-order valence-electron chi connectivity index (χ0n) is 20.6. The summed E-state index contributed by atoms with van der Waals surface area (Å²) in [5.74, 6) is 0.280. The van der Waals surface area contributed by atoms with Crippen molar-refractivity contribution in [1.82, 2.24) is 19.5 Å². The predicted octanol–water partition coefficient (Wildman–Crippen LogP) is 4.64. The molecule has 0 bridgehead atoms. The Morgan fingerprint density at radius 1 is 1.03 bits per heavy atom. The first-order valence-electron chi connectivity index (χ1n) is 12.4. The molecule has 1 amide bonds. The second-order valence-electron chi connectivity index (χ2n) is 9.67. The van der Waals surface area contributed by atoms with E-state index in [9.17, 15) is 9.18 Å². The van der Waals surface area contributed by atoms with Crippen molar-refractivity contribution in [3.63, 3.8) is 0 Å². The Balaban J connectivity index is 1.54. The van der Waals surface area contributed by atoms with Crippen LogP contribution in [0.25, 0.3) is 39.5 Å². The number of fused-ring (bicyclic) bond motifs is 1. The molecule has 0 atom stereocenters. The standard InChI is InChI=1S/C29H26FN7O/c30-16-18-15-17(4-9-21(18)26(32)38)23-10-11-24-28(35-23)37(27(36-24)22-3-1-14-34-25(22)31)20-7-5-19(6-8-20)29(33)12-2-13-29/h1,3-11,14-15H,2,12-13,16,33H2,(H2,31,34)(H2,32,38). The Labute approximate surface area is 218 Å². The SMILES string of the molecule is NC(=O)c1ccc(-c2ccc3nc(-c4cccnc4N)n(-c4ccc(C5(N)CCC5)cc4)c3n2)cc1CF. The van der Waals surface area contributed by atoms with Gasteiger partial charge < -0.3 is 17.2 Å². The van der Waals surface area contributed by atoms with Gasteiger partial charge >= 0.3 is 0 Å². The van der Waals surface area contributed by atoms with Crippen LogP contribution >= 0.6 is 0 Å². The minimum Gasteiger partial charge on any atom is -0.383 e. The fourth-order valence-electron chi connectivity index (χ4n) is 5.04. The third-order valence-electron chi connectivity index (χ3n) is 7.34. The van der Waals surface area contributed by atoms with Crippen molar-refractivity contribution in [3.8, 4) is 28.3 Å². The van der Waals surface area contributed by atoms with Gasteiger partial charge in [-0.1, -0.05) is 18.2 Å². The molecule has 6 rings (SSSR count). The summed E-state index contributed by atoms with van der Waals surface area (Å²) < 4.78 is 15.6. The zero-order chi connectivity index (χ0) is 26.4. The monoisotopic (exact) mass is 507 g/mol. The summed E-state index contributed by atoms with van der Waals surface area (Å²) in [6, 6.07) is 20.3. The number of benzene rings is 2. The fourth-order valence-corrected chi connectivity index (χ4v) is 5.04. The largest absolute Gasteiger partial charge is 0.383 e. The molecule has 8 nitrogen and oxygen atoms in total. The van der Waals surface area contributed by atoms with E-state index in [4.69, 9.17) is 27.2 Å². The summed E-state index contributed by atoms with van der Waals surface area (Å²) in [6.07, 6.45) is 4.71. The van der Waals surface area contributed by atoms with E-state index in [1.807, 2.05) is 41.0 Å². The maximum atomic E-state index is 13.7. The van der Waals surface area contributed by atoms with Crippen molar-refractivity contribution in [2.45, 2.75) is 31.5 Å². The lowest BCUT2D eigenvalue weighted by molar-refractivity contribution is 0.0998. The van der Waals surface area contributed by atoms with Crippen molar-refractivity contribution in [1.29, 1.82) is 0 Å². The molecular weight excluding hydrogens is 481 g/mol. The van der Waals surface area contributed by atoms with Gasteiger partial charge in [0, 0.05) is 28.6 Å². The predicted molar refractivity (Wildman–Crippen MR) is 145 cm³/mol. The van der Waals surface area contributed by atoms with Crippen molar-refractivity contribution in [3.05, 3.63) is 89.6 Å². The average Bonchev–Trinajstić information content (AvgIpc) is 3.30. The molecule has 190 valence electrons. The van der Waals surface area contributed by atoms with Gasteiger partial charge in [-0.2, -0.15) is 0 Å². The molecule has 0 aliphatic heterocycles. The Morgan fingerprint density at radius 2 is 1.82 bits per heavy atom. The molecule has 0 unspecified atom stereocenters. The molecule has 9 heteroatoms. The second-order valence-corrected chi connectivity index (χ2v) is 9.67. The van der Waals surface area contributed by atoms with Crippen LogP contribution in [0.15, 0.2) is 72.9 Å². The van der Waals surface area contributed by atoms with E-state index in [0.29, 0.717) is 39.6 Å². The average molecular weight is 508 g/mol. The Kier molecular flexibility index (Phi) is 5.65. The molecule has 3 heterocycles. The van der Waals surface area contributed by atoms with Crippen LogP contribution < -0.4 is 17.2 Å². The molecule has 1 aliphatic rings. The van der Waals surface area contributed by atoms with Crippen molar-refractivity contribution in [2.75, 3.05) is 5.73 Å². The van der Waals surface area contributed by atoms with Crippen LogP contribution in [0.5, 0.6) is 0 Å². The lowest BCUT2D eigenvalue weighted by atomic mass is 9.73. The Morgan fingerprint density at radius 3 is 2.47 bits per heavy atom. The van der Waals surface area contributed by atoms with Gasteiger partial charge in [0.2, 0.25) is 5.91 Å². The molecule has 3 aromatic heterocycles. The molecule has 6 N–H and O–H groups in total. The van der Waals surface area contributed by atoms with Crippen molar-refractivity contribution >= 4 is 22.9 Å². The lowest BCUT2D eigenvalue weighted by Crippen LogP contribution is -2.43. The molecule has 2 aromatic carbocycles. The summed E-state index contributed by atoms with van der Waals surface area (Å²) in [5.41, 5.74) is 23.4. The number of primary amides is 1. The summed E-state index contributed by atoms with van der Waals surface area (Å²) in [4.78, 5) is 25.7. The number of nitrogens with two attached hydrogens (primary N) is 3. The number of nitrogen functional groups attached to an aromatic ring is 1. The minimum absolute atomic E-state index is 0.154. The minimum atomic E-state index is -0.814. The number of carbonyl (C=O) groups is 1. The van der Waals surface area contributed by atoms with E-state index < -0.39 is 12.6 Å². The second kappa shape index (κ2) is 9.04. The van der Waals surface area contributed by atoms with Crippen LogP contribution in [0.1, 0.15) is 40.7 Å². The van der Waals surface area contributed by atoms with Gasteiger partial charge in [0.15, 0.2) is 11.5 Å². The zero-order valence-corrected chi connectivity index (χ0v) is 20.6. The molecule has 38 heavy (non-hydrogen) atoms. The maximum absolute atomic E-state index is 13.7. The quantitative estimate of drug-likeness (QED) is 0.306. The number of aromatic nitrogens is 4. The van der Waals surface area contributed by atoms with E-state index >= 15 is 0 Å². The first kappa shape index (κ1) is 23.7. The number of hydrogen-bond donors (Lipinski definition) is 3. The van der Waals surface area contributed by atoms with Crippen LogP contribution in [-0.2, 0) is 12.2 Å². The summed E-state index contributed by atoms with van der Waals surface area (Å²) in [7, 11) is 0. The van der Waals surface area contributed by atoms with Gasteiger partial charge in [-0.25, -0.2) is 19.3 Å². The van der Waals surface area contributed by atoms with Crippen LogP contribution in [0.2, 0.25) is 0 Å². The smallest absolute Gasteiger partial charge is 0.249 e. The van der Waals surface area contributed by atoms with Crippen LogP contribution in [0.3, 0.4) is 0 Å². The number of rotatable bonds is 6. The Bertz CT molecular complexity index is 1690. The summed E-state index contributed by atoms with van der Waals surface area (Å²) in [6.45, 7) is -0.814. The highest BCUT2D eigenvalue weighted by atomic mass is 19.1. The van der Waals surface area contributed by atoms with Crippen molar-refractivity contribution in [2.24, 2.45) is 11.5 Å². The number of halogens is 1. The highest BCUT2D eigenvalue weighted by Gasteiger charge is 2.34. The van der Waals surface area contributed by atoms with Gasteiger partial charge in [0.05, 0.1) is 11.3 Å². The van der Waals surface area contributed by atoms with E-state index in [1.165, 1.54) is 6.07 Å². The van der Waals surface area contributed by atoms with E-state index in [-0.39, 0.29) is 16.7 Å². The molecule has 1 fully saturated rings. The molecule has 0 saturated heterocycles. The van der Waals surface area contributed by atoms with Crippen LogP contribution in [-0.4, -0.2) is 25.4 Å². The van der Waals surface area contributed by atoms with E-state index in [1.54, 1.807) is 18.3 Å². The number of alkyl halides is 1. The van der Waals surface area contributed by atoms with Gasteiger partial charge in [-0.3, -0.25) is 9.36 Å². The molecule has 5 aromatic rings. The number of hydrogen-bond acceptors (Lipinski definition) is 6. The van der Waals surface area contributed by atoms with E-state index in [0.717, 1.165) is 30.5 Å². The number of nitrogens with zero attached hydrogens (tertiary/aromatic N) is 4. The van der Waals surface area contributed by atoms with Crippen molar-refractivity contribution < 1.29 is 9.18 Å². The first-order chi connectivity index (χ1) is 18.4. The van der Waals surface area contributed by atoms with Crippen LogP contribution in [0, 0.1) is 0 Å². The highest BCUT2D eigenvalue weighted by molar-refractivity contribution is 5.95. The number of anilines is 1. The summed E-state index contributed by atoms with van der Waals surface area (Å²) >= 11 is 0. The summed E-state index contributed by atoms with van der Waals surface area (Å²) in [5, 5.41) is 0. The topological polar surface area (TPSA) is 139 Å². The first-order valence-corrected chi connectivity index (χ1v) is 12.4. The molecule has 1 saturated carbocycles. The fraction of sp³-hybridized carbons (Fsp3) is 0.172. The maximum Gasteiger partial charge on any atom is 0.249 e. The van der Waals surface area contributed by atoms with Gasteiger partial charge in [0.1, 0.15) is 18.0 Å². The lowest BCUT2D eigenvalue weighted by Gasteiger charge is -2.38. The number of pyridine rings is 2. The van der Waals surface area contributed by atoms with Gasteiger partial charge in [-0.05, 0) is 78.9 Å². The number of amides is 1. The van der Waals surface area contributed by atoms with E-state index in [2.05, 4.69) is 17.1 Å². The highest BCUT2D eigenvalue weighted by Crippen LogP contribution is 2.39. The van der Waals surface area contributed by atoms with Gasteiger partial charge in [-0.15, -0.1) is 0 Å². The third-order valence-corrected chi connectivity index (χ3v) is 7.34. The van der Waals surface area contributed by atoms with Gasteiger partial charge in [0.25, 0.3) is 0 Å². The molecule has 0 spiro atoms. The van der Waals surface area contributed by atoms with Crippen LogP contribution in [0.4, 0.5) is 10.2 Å². The third kappa shape index (κ3) is 3.88.